The summed E-state index contributed by atoms with van der Waals surface area (Å²) in [5, 5.41) is 7.54. The van der Waals surface area contributed by atoms with Crippen LogP contribution in [0.25, 0.3) is 11.1 Å². The monoisotopic (exact) mass is 984 g/mol. The number of pyridine rings is 2. The normalized spacial score (nSPS) is 19.7. The molecule has 7 amide bonds. The van der Waals surface area contributed by atoms with Gasteiger partial charge in [0.2, 0.25) is 29.2 Å². The fourth-order valence-electron chi connectivity index (χ4n) is 9.51. The zero-order valence-electron chi connectivity index (χ0n) is 39.2. The molecule has 4 aromatic rings. The molecule has 0 bridgehead atoms. The van der Waals surface area contributed by atoms with Crippen LogP contribution in [0.15, 0.2) is 65.7 Å². The number of alkyl halides is 3. The van der Waals surface area contributed by atoms with Crippen molar-refractivity contribution in [1.29, 1.82) is 0 Å². The van der Waals surface area contributed by atoms with Gasteiger partial charge < -0.3 is 30.3 Å². The maximum atomic E-state index is 16.2. The third-order valence-corrected chi connectivity index (χ3v) is 13.6. The molecular formula is C49H52F4N10O8. The minimum atomic E-state index is -5.00. The summed E-state index contributed by atoms with van der Waals surface area (Å²) in [6.45, 7) is 6.62. The molecule has 22 heteroatoms. The number of aryl methyl sites for hydroxylation is 1. The van der Waals surface area contributed by atoms with Gasteiger partial charge in [-0.15, -0.1) is 0 Å². The highest BCUT2D eigenvalue weighted by atomic mass is 19.4. The number of carbonyl (C=O) groups is 7. The number of benzene rings is 2. The Bertz CT molecular complexity index is 2840. The van der Waals surface area contributed by atoms with Crippen LogP contribution in [0.2, 0.25) is 0 Å². The van der Waals surface area contributed by atoms with Gasteiger partial charge >= 0.3 is 6.18 Å². The van der Waals surface area contributed by atoms with E-state index in [4.69, 9.17) is 0 Å². The lowest BCUT2D eigenvalue weighted by atomic mass is 9.99. The van der Waals surface area contributed by atoms with Gasteiger partial charge in [-0.05, 0) is 76.1 Å². The molecule has 4 N–H and O–H groups in total. The van der Waals surface area contributed by atoms with Gasteiger partial charge in [-0.3, -0.25) is 53.5 Å². The van der Waals surface area contributed by atoms with Crippen LogP contribution in [0.5, 0.6) is 0 Å². The van der Waals surface area contributed by atoms with E-state index < -0.39 is 64.3 Å². The Morgan fingerprint density at radius 1 is 0.873 bits per heavy atom. The number of hydrogen-bond donors (Lipinski definition) is 4. The number of aromatic amines is 1. The van der Waals surface area contributed by atoms with Gasteiger partial charge in [-0.25, -0.2) is 9.37 Å². The third kappa shape index (κ3) is 10.7. The van der Waals surface area contributed by atoms with Gasteiger partial charge in [0.15, 0.2) is 0 Å². The molecule has 1 unspecified atom stereocenters. The summed E-state index contributed by atoms with van der Waals surface area (Å²) in [7, 11) is 1.96. The summed E-state index contributed by atoms with van der Waals surface area (Å²) in [6, 6.07) is 10.1. The van der Waals surface area contributed by atoms with Gasteiger partial charge in [0.25, 0.3) is 17.7 Å². The van der Waals surface area contributed by atoms with Crippen molar-refractivity contribution in [2.24, 2.45) is 0 Å². The number of H-pyrrole nitrogens is 1. The Hall–Kier alpha value is -7.49. The average Bonchev–Trinajstić information content (AvgIpc) is 3.59. The van der Waals surface area contributed by atoms with Gasteiger partial charge in [-0.1, -0.05) is 12.1 Å². The van der Waals surface area contributed by atoms with Crippen LogP contribution < -0.4 is 31.3 Å². The molecule has 4 aliphatic rings. The largest absolute Gasteiger partial charge is 0.417 e. The lowest BCUT2D eigenvalue weighted by Gasteiger charge is -2.44. The Morgan fingerprint density at radius 2 is 1.61 bits per heavy atom. The third-order valence-electron chi connectivity index (χ3n) is 13.6. The van der Waals surface area contributed by atoms with Crippen LogP contribution in [0.3, 0.4) is 0 Å². The summed E-state index contributed by atoms with van der Waals surface area (Å²) >= 11 is 0. The maximum absolute atomic E-state index is 16.2. The molecule has 3 atom stereocenters. The van der Waals surface area contributed by atoms with Crippen molar-refractivity contribution in [1.82, 2.24) is 35.3 Å². The number of amides is 7. The van der Waals surface area contributed by atoms with Crippen LogP contribution >= 0.6 is 0 Å². The zero-order valence-corrected chi connectivity index (χ0v) is 39.2. The molecule has 0 aliphatic carbocycles. The van der Waals surface area contributed by atoms with Crippen LogP contribution in [0, 0.1) is 5.82 Å². The topological polar surface area (TPSA) is 218 Å². The summed E-state index contributed by atoms with van der Waals surface area (Å²) < 4.78 is 58.0. The first-order valence-corrected chi connectivity index (χ1v) is 23.3. The fraction of sp³-hybridized carbons (Fsp3) is 0.408. The molecule has 3 fully saturated rings. The van der Waals surface area contributed by atoms with Crippen molar-refractivity contribution in [3.05, 3.63) is 105 Å². The quantitative estimate of drug-likeness (QED) is 0.0851. The smallest absolute Gasteiger partial charge is 0.367 e. The number of piperazine rings is 2. The van der Waals surface area contributed by atoms with Crippen LogP contribution in [-0.4, -0.2) is 137 Å². The highest BCUT2D eigenvalue weighted by Gasteiger charge is 2.45. The maximum Gasteiger partial charge on any atom is 0.417 e. The molecule has 2 aromatic carbocycles. The average molecular weight is 985 g/mol. The van der Waals surface area contributed by atoms with Crippen molar-refractivity contribution >= 4 is 58.5 Å². The predicted molar refractivity (Wildman–Crippen MR) is 251 cm³/mol. The SMILES string of the molecule is C[C@@H]1CN(c2cc(F)c(-c3ccc(N4CCN(C(=O)CCC(=O)NCCCc5cccc6c5C(=O)N(C5CCC(=O)NC5=O)C6=O)CC4)nc3)cc2NC(=O)c2c[nH]c(=O)cc2C(F)(F)F)C[C@H](C)N1C. The molecule has 0 saturated carbocycles. The number of carbonyl (C=O) groups excluding carboxylic acids is 7. The second-order valence-corrected chi connectivity index (χ2v) is 18.2. The molecule has 3 saturated heterocycles. The molecule has 71 heavy (non-hydrogen) atoms. The number of fused-ring (bicyclic) bond motifs is 1. The number of rotatable bonds is 13. The van der Waals surface area contributed by atoms with Crippen LogP contribution in [-0.2, 0) is 31.8 Å². The number of aromatic nitrogens is 2. The van der Waals surface area contributed by atoms with E-state index in [1.807, 2.05) is 30.7 Å². The highest BCUT2D eigenvalue weighted by molar-refractivity contribution is 6.24. The van der Waals surface area contributed by atoms with Crippen molar-refractivity contribution in [3.8, 4) is 11.1 Å². The van der Waals surface area contributed by atoms with Crippen LogP contribution in [0.4, 0.5) is 34.8 Å². The van der Waals surface area contributed by atoms with E-state index in [1.54, 1.807) is 29.2 Å². The van der Waals surface area contributed by atoms with E-state index in [0.717, 1.165) is 4.90 Å². The van der Waals surface area contributed by atoms with E-state index in [2.05, 4.69) is 30.8 Å². The minimum Gasteiger partial charge on any atom is -0.367 e. The summed E-state index contributed by atoms with van der Waals surface area (Å²) in [4.78, 5) is 117. The summed E-state index contributed by atoms with van der Waals surface area (Å²) in [5.74, 6) is -4.14. The van der Waals surface area contributed by atoms with Gasteiger partial charge in [0.1, 0.15) is 17.7 Å². The second kappa shape index (κ2) is 20.5. The van der Waals surface area contributed by atoms with E-state index in [0.29, 0.717) is 81.3 Å². The number of halogens is 4. The highest BCUT2D eigenvalue weighted by Crippen LogP contribution is 2.38. The molecule has 2 aromatic heterocycles. The number of likely N-dealkylation sites (N-methyl/N-ethyl adjacent to an activating group) is 1. The Kier molecular flexibility index (Phi) is 14.4. The van der Waals surface area contributed by atoms with E-state index >= 15 is 4.39 Å². The van der Waals surface area contributed by atoms with Gasteiger partial charge in [-0.2, -0.15) is 13.2 Å². The first kappa shape index (κ1) is 49.9. The van der Waals surface area contributed by atoms with Crippen LogP contribution in [0.1, 0.15) is 88.2 Å². The number of nitrogens with zero attached hydrogens (tertiary/aromatic N) is 6. The molecule has 6 heterocycles. The Morgan fingerprint density at radius 3 is 2.28 bits per heavy atom. The number of imide groups is 2. The minimum absolute atomic E-state index is 0.0116. The van der Waals surface area contributed by atoms with Gasteiger partial charge in [0.05, 0.1) is 33.6 Å². The summed E-state index contributed by atoms with van der Waals surface area (Å²) in [6.07, 6.45) is -2.09. The molecular weight excluding hydrogens is 933 g/mol. The van der Waals surface area contributed by atoms with E-state index in [9.17, 15) is 51.5 Å². The standard InChI is InChI=1S/C49H52F4N10O8/c1-27-25-62(26-28(2)59(27)3)38-22-35(50)32(20-36(38)57-45(68)33-24-56-42(66)21-34(33)49(51,52)53)30-9-11-39(55-23-30)60-16-18-61(19-17-60)43(67)14-13-40(64)54-15-5-7-29-6-4-8-31-44(29)48(71)63(47(31)70)37-10-12-41(65)58-46(37)69/h4,6,8-9,11,20-24,27-28,37H,5,7,10,12-19,25-26H2,1-3H3,(H,54,64)(H,56,66)(H,57,68)(H,58,65,69)/t27-,28+,37?. The number of hydrogen-bond acceptors (Lipinski definition) is 12. The number of nitrogens with one attached hydrogen (secondary N) is 4. The van der Waals surface area contributed by atoms with E-state index in [-0.39, 0.29) is 84.2 Å². The number of piperidine rings is 1. The first-order valence-electron chi connectivity index (χ1n) is 23.3. The summed E-state index contributed by atoms with van der Waals surface area (Å²) in [5.41, 5.74) is -1.60. The molecule has 0 spiro atoms. The fourth-order valence-corrected chi connectivity index (χ4v) is 9.51. The zero-order chi connectivity index (χ0) is 50.9. The lowest BCUT2D eigenvalue weighted by Crippen LogP contribution is -2.55. The predicted octanol–water partition coefficient (Wildman–Crippen LogP) is 3.95. The molecule has 4 aliphatic heterocycles. The van der Waals surface area contributed by atoms with Crippen molar-refractivity contribution in [2.75, 3.05) is 68.0 Å². The molecule has 18 nitrogen and oxygen atoms in total. The second-order valence-electron chi connectivity index (χ2n) is 18.2. The molecule has 8 rings (SSSR count). The molecule has 0 radical (unpaired) electrons. The number of anilines is 3. The van der Waals surface area contributed by atoms with Crippen molar-refractivity contribution < 1.29 is 51.1 Å². The first-order chi connectivity index (χ1) is 33.8. The molecule has 374 valence electrons. The van der Waals surface area contributed by atoms with Crippen molar-refractivity contribution in [3.63, 3.8) is 0 Å². The van der Waals surface area contributed by atoms with Crippen molar-refractivity contribution in [2.45, 2.75) is 76.7 Å². The van der Waals surface area contributed by atoms with E-state index in [1.165, 1.54) is 24.4 Å². The lowest BCUT2D eigenvalue weighted by molar-refractivity contribution is -0.138. The Labute approximate surface area is 404 Å². The Balaban J connectivity index is 0.842. The van der Waals surface area contributed by atoms with Gasteiger partial charge in [0, 0.05) is 107 Å².